The lowest BCUT2D eigenvalue weighted by Crippen LogP contribution is -2.51. The Morgan fingerprint density at radius 2 is 2.14 bits per heavy atom. The third-order valence-corrected chi connectivity index (χ3v) is 3.92. The van der Waals surface area contributed by atoms with Crippen molar-refractivity contribution in [3.05, 3.63) is 30.1 Å². The first-order valence-electron chi connectivity index (χ1n) is 7.11. The Balaban J connectivity index is 1.57. The Kier molecular flexibility index (Phi) is 3.88. The molecule has 2 heterocycles. The number of nitrogens with one attached hydrogen (secondary N) is 1. The first-order chi connectivity index (χ1) is 10.1. The Morgan fingerprint density at radius 3 is 2.90 bits per heavy atom. The summed E-state index contributed by atoms with van der Waals surface area (Å²) in [5, 5.41) is 2.64. The molecule has 6 heteroatoms. The van der Waals surface area contributed by atoms with Crippen molar-refractivity contribution >= 4 is 17.5 Å². The highest BCUT2D eigenvalue weighted by atomic mass is 19.1. The van der Waals surface area contributed by atoms with Crippen LogP contribution in [0.2, 0.25) is 0 Å². The van der Waals surface area contributed by atoms with Gasteiger partial charge in [0.2, 0.25) is 5.91 Å². The molecule has 3 rings (SSSR count). The second-order valence-corrected chi connectivity index (χ2v) is 5.41. The summed E-state index contributed by atoms with van der Waals surface area (Å²) in [6.45, 7) is 1.25. The van der Waals surface area contributed by atoms with Crippen molar-refractivity contribution in [1.29, 1.82) is 0 Å². The number of morpholine rings is 1. The van der Waals surface area contributed by atoms with Crippen LogP contribution in [0.15, 0.2) is 24.3 Å². The number of rotatable bonds is 3. The number of amides is 2. The van der Waals surface area contributed by atoms with E-state index in [9.17, 15) is 14.0 Å². The van der Waals surface area contributed by atoms with Gasteiger partial charge in [-0.15, -0.1) is 0 Å². The van der Waals surface area contributed by atoms with E-state index < -0.39 is 6.10 Å². The molecule has 1 N–H and O–H groups in total. The van der Waals surface area contributed by atoms with Gasteiger partial charge < -0.3 is 15.0 Å². The molecule has 5 nitrogen and oxygen atoms in total. The van der Waals surface area contributed by atoms with Crippen LogP contribution in [0.3, 0.4) is 0 Å². The minimum Gasteiger partial charge on any atom is -0.366 e. The van der Waals surface area contributed by atoms with Crippen LogP contribution in [0.1, 0.15) is 19.3 Å². The number of hydrogen-bond donors (Lipinski definition) is 1. The van der Waals surface area contributed by atoms with Gasteiger partial charge in [-0.05, 0) is 37.1 Å². The van der Waals surface area contributed by atoms with Crippen molar-refractivity contribution in [2.24, 2.45) is 0 Å². The van der Waals surface area contributed by atoms with E-state index in [1.807, 2.05) is 4.90 Å². The minimum absolute atomic E-state index is 0.0145. The van der Waals surface area contributed by atoms with Gasteiger partial charge in [0.25, 0.3) is 5.91 Å². The van der Waals surface area contributed by atoms with E-state index >= 15 is 0 Å². The SMILES string of the molecule is O=C(CC1OCC2CCCN2C1=O)Nc1ccc(F)cc1. The summed E-state index contributed by atoms with van der Waals surface area (Å²) in [4.78, 5) is 26.0. The number of ether oxygens (including phenoxy) is 1. The molecular formula is C15H17FN2O3. The molecule has 1 aromatic rings. The Hall–Kier alpha value is -1.95. The maximum Gasteiger partial charge on any atom is 0.252 e. The quantitative estimate of drug-likeness (QED) is 0.919. The molecule has 2 amide bonds. The molecule has 2 atom stereocenters. The number of carbonyl (C=O) groups excluding carboxylic acids is 2. The third kappa shape index (κ3) is 3.05. The molecule has 0 spiro atoms. The number of halogens is 1. The molecule has 0 saturated carbocycles. The van der Waals surface area contributed by atoms with Gasteiger partial charge in [0.1, 0.15) is 11.9 Å². The topological polar surface area (TPSA) is 58.6 Å². The highest BCUT2D eigenvalue weighted by Gasteiger charge is 2.39. The summed E-state index contributed by atoms with van der Waals surface area (Å²) in [6, 6.07) is 5.67. The first kappa shape index (κ1) is 14.0. The van der Waals surface area contributed by atoms with Crippen LogP contribution in [-0.4, -0.2) is 42.0 Å². The first-order valence-corrected chi connectivity index (χ1v) is 7.11. The fourth-order valence-electron chi connectivity index (χ4n) is 2.84. The van der Waals surface area contributed by atoms with E-state index in [1.54, 1.807) is 0 Å². The average Bonchev–Trinajstić information content (AvgIpc) is 2.94. The van der Waals surface area contributed by atoms with Crippen LogP contribution in [0.25, 0.3) is 0 Å². The lowest BCUT2D eigenvalue weighted by Gasteiger charge is -2.34. The molecule has 0 radical (unpaired) electrons. The second kappa shape index (κ2) is 5.81. The highest BCUT2D eigenvalue weighted by Crippen LogP contribution is 2.25. The minimum atomic E-state index is -0.709. The smallest absolute Gasteiger partial charge is 0.252 e. The molecule has 0 aliphatic carbocycles. The molecule has 2 saturated heterocycles. The van der Waals surface area contributed by atoms with Gasteiger partial charge in [-0.1, -0.05) is 0 Å². The molecule has 1 aromatic carbocycles. The number of fused-ring (bicyclic) bond motifs is 1. The van der Waals surface area contributed by atoms with Crippen LogP contribution in [0.5, 0.6) is 0 Å². The Labute approximate surface area is 122 Å². The zero-order valence-corrected chi connectivity index (χ0v) is 11.5. The van der Waals surface area contributed by atoms with Crippen molar-refractivity contribution in [3.8, 4) is 0 Å². The average molecular weight is 292 g/mol. The van der Waals surface area contributed by atoms with E-state index in [0.29, 0.717) is 12.3 Å². The Bertz CT molecular complexity index is 546. The van der Waals surface area contributed by atoms with Gasteiger partial charge in [-0.25, -0.2) is 4.39 Å². The van der Waals surface area contributed by atoms with E-state index in [1.165, 1.54) is 24.3 Å². The summed E-state index contributed by atoms with van der Waals surface area (Å²) in [5.41, 5.74) is 0.503. The number of carbonyl (C=O) groups is 2. The number of benzene rings is 1. The predicted octanol–water partition coefficient (Wildman–Crippen LogP) is 1.54. The standard InChI is InChI=1S/C15H17FN2O3/c16-10-3-5-11(6-4-10)17-14(19)8-13-15(20)18-7-1-2-12(18)9-21-13/h3-6,12-13H,1-2,7-9H2,(H,17,19). The molecule has 2 aliphatic heterocycles. The van der Waals surface area contributed by atoms with Gasteiger partial charge in [0.05, 0.1) is 19.1 Å². The van der Waals surface area contributed by atoms with Gasteiger partial charge in [-0.3, -0.25) is 9.59 Å². The molecule has 2 aliphatic rings. The van der Waals surface area contributed by atoms with E-state index in [4.69, 9.17) is 4.74 Å². The number of anilines is 1. The number of hydrogen-bond acceptors (Lipinski definition) is 3. The van der Waals surface area contributed by atoms with Crippen LogP contribution in [-0.2, 0) is 14.3 Å². The molecule has 2 unspecified atom stereocenters. The van der Waals surface area contributed by atoms with Crippen molar-refractivity contribution in [2.45, 2.75) is 31.4 Å². The van der Waals surface area contributed by atoms with E-state index in [2.05, 4.69) is 5.32 Å². The van der Waals surface area contributed by atoms with Crippen LogP contribution < -0.4 is 5.32 Å². The molecule has 0 aromatic heterocycles. The lowest BCUT2D eigenvalue weighted by molar-refractivity contribution is -0.158. The molecule has 2 fully saturated rings. The van der Waals surface area contributed by atoms with E-state index in [0.717, 1.165) is 19.4 Å². The second-order valence-electron chi connectivity index (χ2n) is 5.41. The maximum atomic E-state index is 12.8. The highest BCUT2D eigenvalue weighted by molar-refractivity contribution is 5.95. The van der Waals surface area contributed by atoms with Gasteiger partial charge in [-0.2, -0.15) is 0 Å². The van der Waals surface area contributed by atoms with Crippen LogP contribution in [0, 0.1) is 5.82 Å². The van der Waals surface area contributed by atoms with Crippen molar-refractivity contribution in [3.63, 3.8) is 0 Å². The lowest BCUT2D eigenvalue weighted by atomic mass is 10.1. The monoisotopic (exact) mass is 292 g/mol. The normalized spacial score (nSPS) is 24.8. The molecule has 21 heavy (non-hydrogen) atoms. The number of nitrogens with zero attached hydrogens (tertiary/aromatic N) is 1. The summed E-state index contributed by atoms with van der Waals surface area (Å²) < 4.78 is 18.3. The van der Waals surface area contributed by atoms with Crippen LogP contribution in [0.4, 0.5) is 10.1 Å². The molecular weight excluding hydrogens is 275 g/mol. The predicted molar refractivity (Wildman–Crippen MR) is 74.1 cm³/mol. The van der Waals surface area contributed by atoms with Crippen molar-refractivity contribution in [2.75, 3.05) is 18.5 Å². The fraction of sp³-hybridized carbons (Fsp3) is 0.467. The summed E-state index contributed by atoms with van der Waals surface area (Å²) >= 11 is 0. The van der Waals surface area contributed by atoms with E-state index in [-0.39, 0.29) is 30.1 Å². The fourth-order valence-corrected chi connectivity index (χ4v) is 2.84. The molecule has 112 valence electrons. The Morgan fingerprint density at radius 1 is 1.38 bits per heavy atom. The zero-order chi connectivity index (χ0) is 14.8. The van der Waals surface area contributed by atoms with Gasteiger partial charge >= 0.3 is 0 Å². The summed E-state index contributed by atoms with van der Waals surface area (Å²) in [5.74, 6) is -0.769. The zero-order valence-electron chi connectivity index (χ0n) is 11.5. The van der Waals surface area contributed by atoms with Crippen LogP contribution >= 0.6 is 0 Å². The van der Waals surface area contributed by atoms with Gasteiger partial charge in [0, 0.05) is 12.2 Å². The largest absolute Gasteiger partial charge is 0.366 e. The summed E-state index contributed by atoms with van der Waals surface area (Å²) in [7, 11) is 0. The van der Waals surface area contributed by atoms with Crippen molar-refractivity contribution in [1.82, 2.24) is 4.90 Å². The van der Waals surface area contributed by atoms with Crippen molar-refractivity contribution < 1.29 is 18.7 Å². The third-order valence-electron chi connectivity index (χ3n) is 3.92. The molecule has 0 bridgehead atoms. The maximum absolute atomic E-state index is 12.8. The summed E-state index contributed by atoms with van der Waals surface area (Å²) in [6.07, 6.45) is 1.24. The van der Waals surface area contributed by atoms with Gasteiger partial charge in [0.15, 0.2) is 0 Å².